The lowest BCUT2D eigenvalue weighted by atomic mass is 10.0. The van der Waals surface area contributed by atoms with Crippen LogP contribution in [-0.2, 0) is 14.4 Å². The molecule has 0 spiro atoms. The molecule has 0 aliphatic carbocycles. The minimum Gasteiger partial charge on any atom is -0.491 e. The van der Waals surface area contributed by atoms with Gasteiger partial charge in [0, 0.05) is 32.6 Å². The maximum absolute atomic E-state index is 13.4. The van der Waals surface area contributed by atoms with Gasteiger partial charge in [-0.3, -0.25) is 19.2 Å². The van der Waals surface area contributed by atoms with Crippen LogP contribution in [0.2, 0.25) is 0 Å². The molecule has 10 nitrogen and oxygen atoms in total. The Hall–Kier alpha value is -3.14. The van der Waals surface area contributed by atoms with E-state index in [2.05, 4.69) is 27.8 Å². The molecule has 0 bridgehead atoms. The zero-order valence-electron chi connectivity index (χ0n) is 21.5. The third kappa shape index (κ3) is 7.68. The summed E-state index contributed by atoms with van der Waals surface area (Å²) in [5, 5.41) is 8.47. The summed E-state index contributed by atoms with van der Waals surface area (Å²) in [4.78, 5) is 56.2. The van der Waals surface area contributed by atoms with E-state index in [1.807, 2.05) is 13.8 Å². The summed E-state index contributed by atoms with van der Waals surface area (Å²) in [6.07, 6.45) is 0.622. The van der Waals surface area contributed by atoms with Crippen LogP contribution >= 0.6 is 0 Å². The van der Waals surface area contributed by atoms with Crippen molar-refractivity contribution < 1.29 is 23.9 Å². The number of hydrogen-bond donors (Lipinski definition) is 3. The predicted molar refractivity (Wildman–Crippen MR) is 136 cm³/mol. The Morgan fingerprint density at radius 3 is 2.50 bits per heavy atom. The highest BCUT2D eigenvalue weighted by Gasteiger charge is 2.30. The monoisotopic (exact) mass is 501 g/mol. The molecule has 2 aliphatic heterocycles. The number of likely N-dealkylation sites (N-methyl/N-ethyl adjacent to an activating group) is 1. The molecule has 0 aromatic heterocycles. The molecule has 0 unspecified atom stereocenters. The number of ether oxygens (including phenoxy) is 1. The van der Waals surface area contributed by atoms with Crippen molar-refractivity contribution in [2.24, 2.45) is 5.92 Å². The van der Waals surface area contributed by atoms with Crippen molar-refractivity contribution in [3.63, 3.8) is 0 Å². The summed E-state index contributed by atoms with van der Waals surface area (Å²) >= 11 is 0. The number of rotatable bonds is 4. The van der Waals surface area contributed by atoms with Crippen molar-refractivity contribution in [2.45, 2.75) is 52.1 Å². The molecule has 4 amide bonds. The molecular weight excluding hydrogens is 462 g/mol. The molecule has 2 aliphatic rings. The fourth-order valence-corrected chi connectivity index (χ4v) is 4.48. The molecule has 0 saturated carbocycles. The van der Waals surface area contributed by atoms with Gasteiger partial charge in [0.25, 0.3) is 5.91 Å². The van der Waals surface area contributed by atoms with Gasteiger partial charge in [-0.2, -0.15) is 0 Å². The summed E-state index contributed by atoms with van der Waals surface area (Å²) in [6.45, 7) is 10.0. The van der Waals surface area contributed by atoms with Crippen LogP contribution in [0.5, 0.6) is 5.75 Å². The van der Waals surface area contributed by atoms with E-state index in [0.717, 1.165) is 19.6 Å². The van der Waals surface area contributed by atoms with Gasteiger partial charge >= 0.3 is 0 Å². The number of carbonyl (C=O) groups is 4. The van der Waals surface area contributed by atoms with Crippen LogP contribution in [0.15, 0.2) is 24.3 Å². The SMILES string of the molecule is CCN1CCN(C(=O)[C@@H]2CCC(=O)N[C@H](CC(C)C)C(=O)NCCOc3ccccc3C(=O)N2)CC1. The van der Waals surface area contributed by atoms with Gasteiger partial charge in [0.15, 0.2) is 0 Å². The third-order valence-corrected chi connectivity index (χ3v) is 6.54. The molecule has 198 valence electrons. The first-order valence-electron chi connectivity index (χ1n) is 12.9. The Labute approximate surface area is 213 Å². The molecule has 1 aromatic carbocycles. The Morgan fingerprint density at radius 1 is 1.08 bits per heavy atom. The predicted octanol–water partition coefficient (Wildman–Crippen LogP) is 0.769. The lowest BCUT2D eigenvalue weighted by Gasteiger charge is -2.36. The first kappa shape index (κ1) is 27.4. The van der Waals surface area contributed by atoms with Crippen molar-refractivity contribution in [1.82, 2.24) is 25.8 Å². The zero-order valence-corrected chi connectivity index (χ0v) is 21.5. The zero-order chi connectivity index (χ0) is 26.1. The van der Waals surface area contributed by atoms with Gasteiger partial charge in [0.2, 0.25) is 17.7 Å². The van der Waals surface area contributed by atoms with Crippen LogP contribution < -0.4 is 20.7 Å². The summed E-state index contributed by atoms with van der Waals surface area (Å²) in [5.41, 5.74) is 0.300. The summed E-state index contributed by atoms with van der Waals surface area (Å²) in [6, 6.07) is 5.25. The lowest BCUT2D eigenvalue weighted by Crippen LogP contribution is -2.55. The van der Waals surface area contributed by atoms with Gasteiger partial charge in [-0.15, -0.1) is 0 Å². The molecule has 1 saturated heterocycles. The second-order valence-electron chi connectivity index (χ2n) is 9.71. The largest absolute Gasteiger partial charge is 0.491 e. The topological polar surface area (TPSA) is 120 Å². The molecule has 0 radical (unpaired) electrons. The van der Waals surface area contributed by atoms with E-state index < -0.39 is 18.0 Å². The van der Waals surface area contributed by atoms with Gasteiger partial charge in [0.05, 0.1) is 12.1 Å². The van der Waals surface area contributed by atoms with E-state index >= 15 is 0 Å². The van der Waals surface area contributed by atoms with Gasteiger partial charge in [-0.1, -0.05) is 32.9 Å². The third-order valence-electron chi connectivity index (χ3n) is 6.54. The summed E-state index contributed by atoms with van der Waals surface area (Å²) in [7, 11) is 0. The molecule has 1 aromatic rings. The van der Waals surface area contributed by atoms with Crippen molar-refractivity contribution in [2.75, 3.05) is 45.9 Å². The van der Waals surface area contributed by atoms with E-state index in [0.29, 0.717) is 30.8 Å². The Balaban J connectivity index is 1.82. The molecule has 2 atom stereocenters. The first-order chi connectivity index (χ1) is 17.3. The van der Waals surface area contributed by atoms with Crippen LogP contribution in [0.25, 0.3) is 0 Å². The number of hydrogen-bond acceptors (Lipinski definition) is 6. The molecule has 36 heavy (non-hydrogen) atoms. The molecule has 3 rings (SSSR count). The van der Waals surface area contributed by atoms with E-state index in [1.165, 1.54) is 0 Å². The van der Waals surface area contributed by atoms with Gasteiger partial charge in [-0.25, -0.2) is 0 Å². The average Bonchev–Trinajstić information content (AvgIpc) is 2.87. The Morgan fingerprint density at radius 2 is 1.81 bits per heavy atom. The maximum Gasteiger partial charge on any atom is 0.255 e. The molecule has 2 heterocycles. The number of nitrogens with one attached hydrogen (secondary N) is 3. The van der Waals surface area contributed by atoms with E-state index in [4.69, 9.17) is 4.74 Å². The number of piperazine rings is 1. The average molecular weight is 502 g/mol. The number of nitrogens with zero attached hydrogens (tertiary/aromatic N) is 2. The minimum absolute atomic E-state index is 0.00559. The normalized spacial score (nSPS) is 22.9. The van der Waals surface area contributed by atoms with Crippen LogP contribution in [0.4, 0.5) is 0 Å². The second-order valence-corrected chi connectivity index (χ2v) is 9.71. The highest BCUT2D eigenvalue weighted by atomic mass is 16.5. The van der Waals surface area contributed by atoms with Crippen LogP contribution in [0.3, 0.4) is 0 Å². The highest BCUT2D eigenvalue weighted by molar-refractivity contribution is 5.99. The molecular formula is C26H39N5O5. The van der Waals surface area contributed by atoms with Gasteiger partial charge in [0.1, 0.15) is 24.4 Å². The van der Waals surface area contributed by atoms with Crippen molar-refractivity contribution in [3.05, 3.63) is 29.8 Å². The molecule has 10 heteroatoms. The number of amides is 4. The van der Waals surface area contributed by atoms with Crippen LogP contribution in [0, 0.1) is 5.92 Å². The number of para-hydroxylation sites is 1. The van der Waals surface area contributed by atoms with Crippen LogP contribution in [-0.4, -0.2) is 91.4 Å². The first-order valence-corrected chi connectivity index (χ1v) is 12.9. The standard InChI is InChI=1S/C26H39N5O5/c1-4-30-12-14-31(15-13-30)26(35)20-9-10-23(32)28-21(17-18(2)3)25(34)27-11-16-36-22-8-6-5-7-19(22)24(33)29-20/h5-8,18,20-21H,4,9-17H2,1-3H3,(H,27,34)(H,28,32)(H,29,33)/t20-,21+/m0/s1. The lowest BCUT2D eigenvalue weighted by molar-refractivity contribution is -0.135. The van der Waals surface area contributed by atoms with Crippen molar-refractivity contribution in [1.29, 1.82) is 0 Å². The smallest absolute Gasteiger partial charge is 0.255 e. The number of benzene rings is 1. The Kier molecular flexibility index (Phi) is 10.1. The van der Waals surface area contributed by atoms with Crippen molar-refractivity contribution in [3.8, 4) is 5.75 Å². The van der Waals surface area contributed by atoms with E-state index in [1.54, 1.807) is 29.2 Å². The Bertz CT molecular complexity index is 929. The molecule has 1 fully saturated rings. The van der Waals surface area contributed by atoms with E-state index in [-0.39, 0.29) is 49.6 Å². The van der Waals surface area contributed by atoms with Gasteiger partial charge in [-0.05, 0) is 37.4 Å². The fraction of sp³-hybridized carbons (Fsp3) is 0.615. The fourth-order valence-electron chi connectivity index (χ4n) is 4.48. The number of fused-ring (bicyclic) bond motifs is 1. The maximum atomic E-state index is 13.4. The second kappa shape index (κ2) is 13.2. The minimum atomic E-state index is -0.869. The van der Waals surface area contributed by atoms with Crippen molar-refractivity contribution >= 4 is 23.6 Å². The van der Waals surface area contributed by atoms with E-state index in [9.17, 15) is 19.2 Å². The van der Waals surface area contributed by atoms with Gasteiger partial charge < -0.3 is 30.5 Å². The quantitative estimate of drug-likeness (QED) is 0.561. The summed E-state index contributed by atoms with van der Waals surface area (Å²) < 4.78 is 5.79. The molecule has 3 N–H and O–H groups in total. The highest BCUT2D eigenvalue weighted by Crippen LogP contribution is 2.19. The number of carbonyl (C=O) groups excluding carboxylic acids is 4. The summed E-state index contributed by atoms with van der Waals surface area (Å²) in [5.74, 6) is -0.680. The van der Waals surface area contributed by atoms with Crippen LogP contribution in [0.1, 0.15) is 50.4 Å².